The molecular formula is C28H25Cl2N3O4. The summed E-state index contributed by atoms with van der Waals surface area (Å²) >= 11 is 12.1. The Labute approximate surface area is 223 Å². The lowest BCUT2D eigenvalue weighted by Gasteiger charge is -2.18. The second-order valence-electron chi connectivity index (χ2n) is 8.76. The van der Waals surface area contributed by atoms with E-state index in [1.807, 2.05) is 30.3 Å². The largest absolute Gasteiger partial charge is 0.341 e. The molecule has 0 saturated carbocycles. The van der Waals surface area contributed by atoms with Crippen LogP contribution in [0.2, 0.25) is 10.0 Å². The summed E-state index contributed by atoms with van der Waals surface area (Å²) < 4.78 is 2.34. The van der Waals surface area contributed by atoms with Crippen molar-refractivity contribution in [2.45, 2.75) is 32.5 Å². The molecule has 1 aromatic heterocycles. The van der Waals surface area contributed by atoms with Crippen LogP contribution in [0.4, 0.5) is 0 Å². The van der Waals surface area contributed by atoms with Crippen LogP contribution in [0, 0.1) is 0 Å². The predicted octanol–water partition coefficient (Wildman–Crippen LogP) is 4.79. The fourth-order valence-electron chi connectivity index (χ4n) is 4.14. The summed E-state index contributed by atoms with van der Waals surface area (Å²) in [7, 11) is 1.72. The highest BCUT2D eigenvalue weighted by Crippen LogP contribution is 2.17. The molecule has 0 bridgehead atoms. The van der Waals surface area contributed by atoms with E-state index >= 15 is 0 Å². The minimum Gasteiger partial charge on any atom is -0.341 e. The van der Waals surface area contributed by atoms with Crippen molar-refractivity contribution in [2.75, 3.05) is 7.05 Å². The van der Waals surface area contributed by atoms with Gasteiger partial charge in [-0.2, -0.15) is 0 Å². The molecule has 0 aliphatic rings. The van der Waals surface area contributed by atoms with E-state index in [1.54, 1.807) is 48.3 Å². The van der Waals surface area contributed by atoms with Crippen molar-refractivity contribution < 1.29 is 9.59 Å². The van der Waals surface area contributed by atoms with Crippen molar-refractivity contribution in [1.29, 1.82) is 0 Å². The van der Waals surface area contributed by atoms with Gasteiger partial charge in [0.15, 0.2) is 5.78 Å². The average Bonchev–Trinajstić information content (AvgIpc) is 2.89. The number of Topliss-reactive ketones (excluding diaryl/α,β-unsaturated/α-hetero) is 1. The van der Waals surface area contributed by atoms with Gasteiger partial charge in [0.2, 0.25) is 5.91 Å². The molecule has 37 heavy (non-hydrogen) atoms. The van der Waals surface area contributed by atoms with Gasteiger partial charge < -0.3 is 4.90 Å². The number of nitrogens with zero attached hydrogens (tertiary/aromatic N) is 3. The van der Waals surface area contributed by atoms with Crippen LogP contribution in [0.5, 0.6) is 0 Å². The summed E-state index contributed by atoms with van der Waals surface area (Å²) in [6, 6.07) is 20.6. The highest BCUT2D eigenvalue weighted by atomic mass is 35.5. The Balaban J connectivity index is 1.57. The lowest BCUT2D eigenvalue weighted by molar-refractivity contribution is -0.130. The van der Waals surface area contributed by atoms with Gasteiger partial charge in [0.1, 0.15) is 0 Å². The van der Waals surface area contributed by atoms with E-state index in [2.05, 4.69) is 0 Å². The monoisotopic (exact) mass is 537 g/mol. The van der Waals surface area contributed by atoms with Crippen LogP contribution in [-0.2, 0) is 24.4 Å². The molecule has 190 valence electrons. The lowest BCUT2D eigenvalue weighted by atomic mass is 10.1. The van der Waals surface area contributed by atoms with Crippen LogP contribution in [0.1, 0.15) is 28.8 Å². The maximum absolute atomic E-state index is 13.4. The molecule has 0 radical (unpaired) electrons. The fourth-order valence-corrected chi connectivity index (χ4v) is 4.44. The highest BCUT2D eigenvalue weighted by Gasteiger charge is 2.17. The third-order valence-electron chi connectivity index (χ3n) is 6.12. The maximum atomic E-state index is 13.4. The summed E-state index contributed by atoms with van der Waals surface area (Å²) in [6.45, 7) is 0.228. The van der Waals surface area contributed by atoms with Crippen LogP contribution < -0.4 is 11.2 Å². The number of aromatic nitrogens is 2. The first-order chi connectivity index (χ1) is 17.7. The molecule has 0 aliphatic heterocycles. The molecule has 9 heteroatoms. The van der Waals surface area contributed by atoms with Crippen molar-refractivity contribution >= 4 is 45.8 Å². The summed E-state index contributed by atoms with van der Waals surface area (Å²) in [5.41, 5.74) is 0.587. The topological polar surface area (TPSA) is 81.4 Å². The molecule has 1 amide bonds. The molecule has 1 heterocycles. The number of rotatable bonds is 9. The van der Waals surface area contributed by atoms with Gasteiger partial charge in [-0.05, 0) is 54.4 Å². The van der Waals surface area contributed by atoms with Gasteiger partial charge in [0.05, 0.1) is 17.4 Å². The third kappa shape index (κ3) is 6.18. The van der Waals surface area contributed by atoms with Gasteiger partial charge in [-0.1, -0.05) is 53.5 Å². The molecule has 0 fully saturated rings. The normalized spacial score (nSPS) is 11.0. The zero-order valence-corrected chi connectivity index (χ0v) is 21.7. The molecule has 0 unspecified atom stereocenters. The zero-order chi connectivity index (χ0) is 26.5. The Kier molecular flexibility index (Phi) is 8.26. The first-order valence-electron chi connectivity index (χ1n) is 11.7. The molecule has 4 rings (SSSR count). The number of benzene rings is 3. The molecule has 0 N–H and O–H groups in total. The maximum Gasteiger partial charge on any atom is 0.331 e. The lowest BCUT2D eigenvalue weighted by Crippen LogP contribution is -2.41. The van der Waals surface area contributed by atoms with E-state index < -0.39 is 11.2 Å². The Bertz CT molecular complexity index is 1560. The van der Waals surface area contributed by atoms with E-state index in [-0.39, 0.29) is 43.0 Å². The standard InChI is InChI=1S/C28H25Cl2N3O4/c1-31(17-19-6-3-2-4-7-19)26(35)8-5-15-32-27(36)23-16-22(30)13-14-24(23)33(28(32)37)18-25(34)20-9-11-21(29)12-10-20/h2-4,6-7,9-14,16H,5,8,15,17-18H2,1H3. The van der Waals surface area contributed by atoms with Crippen LogP contribution in [0.3, 0.4) is 0 Å². The molecule has 4 aromatic rings. The Morgan fingerprint density at radius 2 is 1.54 bits per heavy atom. The number of carbonyl (C=O) groups excluding carboxylic acids is 2. The fraction of sp³-hybridized carbons (Fsp3) is 0.214. The number of amides is 1. The minimum absolute atomic E-state index is 0.0279. The van der Waals surface area contributed by atoms with Crippen molar-refractivity contribution in [3.05, 3.63) is 115 Å². The quantitative estimate of drug-likeness (QED) is 0.287. The van der Waals surface area contributed by atoms with Gasteiger partial charge in [-0.15, -0.1) is 0 Å². The van der Waals surface area contributed by atoms with Crippen molar-refractivity contribution in [2.24, 2.45) is 0 Å². The Morgan fingerprint density at radius 3 is 2.24 bits per heavy atom. The van der Waals surface area contributed by atoms with Gasteiger partial charge in [0, 0.05) is 42.2 Å². The number of carbonyl (C=O) groups is 2. The number of hydrogen-bond donors (Lipinski definition) is 0. The number of hydrogen-bond acceptors (Lipinski definition) is 4. The van der Waals surface area contributed by atoms with E-state index in [1.165, 1.54) is 10.6 Å². The third-order valence-corrected chi connectivity index (χ3v) is 6.60. The number of halogens is 2. The highest BCUT2D eigenvalue weighted by molar-refractivity contribution is 6.31. The first-order valence-corrected chi connectivity index (χ1v) is 12.5. The van der Waals surface area contributed by atoms with E-state index in [9.17, 15) is 19.2 Å². The molecule has 0 saturated heterocycles. The molecular weight excluding hydrogens is 513 g/mol. The van der Waals surface area contributed by atoms with Gasteiger partial charge in [0.25, 0.3) is 5.56 Å². The Hall–Kier alpha value is -3.68. The van der Waals surface area contributed by atoms with Crippen molar-refractivity contribution in [3.63, 3.8) is 0 Å². The number of ketones is 1. The summed E-state index contributed by atoms with van der Waals surface area (Å²) in [4.78, 5) is 53.8. The molecule has 0 spiro atoms. The van der Waals surface area contributed by atoms with Crippen LogP contribution >= 0.6 is 23.2 Å². The zero-order valence-electron chi connectivity index (χ0n) is 20.2. The van der Waals surface area contributed by atoms with Crippen LogP contribution in [0.15, 0.2) is 82.4 Å². The van der Waals surface area contributed by atoms with Crippen LogP contribution in [0.25, 0.3) is 10.9 Å². The van der Waals surface area contributed by atoms with Gasteiger partial charge >= 0.3 is 5.69 Å². The predicted molar refractivity (Wildman–Crippen MR) is 145 cm³/mol. The smallest absolute Gasteiger partial charge is 0.331 e. The van der Waals surface area contributed by atoms with E-state index in [0.29, 0.717) is 27.7 Å². The summed E-state index contributed by atoms with van der Waals surface area (Å²) in [6.07, 6.45) is 0.441. The first kappa shape index (κ1) is 26.4. The summed E-state index contributed by atoms with van der Waals surface area (Å²) in [5.74, 6) is -0.406. The van der Waals surface area contributed by atoms with Crippen molar-refractivity contribution in [1.82, 2.24) is 14.0 Å². The average molecular weight is 538 g/mol. The van der Waals surface area contributed by atoms with Crippen LogP contribution in [-0.4, -0.2) is 32.8 Å². The molecule has 0 atom stereocenters. The SMILES string of the molecule is CN(Cc1ccccc1)C(=O)CCCn1c(=O)c2cc(Cl)ccc2n(CC(=O)c2ccc(Cl)cc2)c1=O. The second-order valence-corrected chi connectivity index (χ2v) is 9.63. The summed E-state index contributed by atoms with van der Waals surface area (Å²) in [5, 5.41) is 1.05. The van der Waals surface area contributed by atoms with Gasteiger partial charge in [-0.3, -0.25) is 23.5 Å². The van der Waals surface area contributed by atoms with Gasteiger partial charge in [-0.25, -0.2) is 4.79 Å². The van der Waals surface area contributed by atoms with E-state index in [0.717, 1.165) is 10.1 Å². The minimum atomic E-state index is -0.618. The molecule has 0 aliphatic carbocycles. The van der Waals surface area contributed by atoms with E-state index in [4.69, 9.17) is 23.2 Å². The Morgan fingerprint density at radius 1 is 0.865 bits per heavy atom. The molecule has 7 nitrogen and oxygen atoms in total. The van der Waals surface area contributed by atoms with Crippen molar-refractivity contribution in [3.8, 4) is 0 Å². The number of fused-ring (bicyclic) bond motifs is 1. The second kappa shape index (κ2) is 11.6. The molecule has 3 aromatic carbocycles.